The number of rotatable bonds is 3. The lowest BCUT2D eigenvalue weighted by molar-refractivity contribution is -0.147. The fraction of sp³-hybridized carbons (Fsp3) is 0.364. The molecule has 1 amide bonds. The number of carbonyl (C=O) groups is 2. The van der Waals surface area contributed by atoms with Gasteiger partial charge in [-0.05, 0) is 28.7 Å². The minimum atomic E-state index is -0.934. The van der Waals surface area contributed by atoms with Crippen LogP contribution in [-0.2, 0) is 14.3 Å². The molecule has 2 fully saturated rings. The highest BCUT2D eigenvalue weighted by Crippen LogP contribution is 2.45. The molecule has 1 N–H and O–H groups in total. The van der Waals surface area contributed by atoms with Crippen LogP contribution in [0.2, 0.25) is 0 Å². The summed E-state index contributed by atoms with van der Waals surface area (Å²) in [7, 11) is 0. The highest BCUT2D eigenvalue weighted by molar-refractivity contribution is 5.79. The first-order chi connectivity index (χ1) is 13.6. The number of benzene rings is 2. The Balaban J connectivity index is 1.23. The topological polar surface area (TPSA) is 76.1 Å². The summed E-state index contributed by atoms with van der Waals surface area (Å²) in [5, 5.41) is 9.08. The Morgan fingerprint density at radius 1 is 1.07 bits per heavy atom. The number of aliphatic carboxylic acids is 1. The van der Waals surface area contributed by atoms with Crippen LogP contribution < -0.4 is 0 Å². The van der Waals surface area contributed by atoms with Gasteiger partial charge in [-0.3, -0.25) is 0 Å². The molecule has 144 valence electrons. The fourth-order valence-corrected chi connectivity index (χ4v) is 4.75. The average molecular weight is 379 g/mol. The van der Waals surface area contributed by atoms with E-state index in [9.17, 15) is 9.59 Å². The third kappa shape index (κ3) is 2.67. The molecular weight excluding hydrogens is 358 g/mol. The molecule has 0 radical (unpaired) electrons. The number of hydrogen-bond donors (Lipinski definition) is 1. The van der Waals surface area contributed by atoms with Crippen molar-refractivity contribution in [3.05, 3.63) is 59.7 Å². The first kappa shape index (κ1) is 17.3. The Morgan fingerprint density at radius 3 is 2.25 bits per heavy atom. The predicted molar refractivity (Wildman–Crippen MR) is 101 cm³/mol. The molecule has 1 spiro atoms. The van der Waals surface area contributed by atoms with E-state index in [-0.39, 0.29) is 17.4 Å². The quantitative estimate of drug-likeness (QED) is 0.887. The fourth-order valence-electron chi connectivity index (χ4n) is 4.75. The van der Waals surface area contributed by atoms with Crippen molar-refractivity contribution in [2.45, 2.75) is 18.4 Å². The molecule has 0 saturated carbocycles. The molecular formula is C22H21NO5. The van der Waals surface area contributed by atoms with Gasteiger partial charge in [0.25, 0.3) is 0 Å². The number of fused-ring (bicyclic) bond motifs is 3. The summed E-state index contributed by atoms with van der Waals surface area (Å²) in [6, 6.07) is 16.5. The van der Waals surface area contributed by atoms with Gasteiger partial charge in [0, 0.05) is 24.4 Å². The van der Waals surface area contributed by atoms with Crippen LogP contribution in [0.4, 0.5) is 4.79 Å². The van der Waals surface area contributed by atoms with Gasteiger partial charge in [-0.15, -0.1) is 0 Å². The van der Waals surface area contributed by atoms with E-state index in [0.717, 1.165) is 0 Å². The molecule has 3 aliphatic rings. The van der Waals surface area contributed by atoms with Crippen LogP contribution in [0.25, 0.3) is 11.1 Å². The summed E-state index contributed by atoms with van der Waals surface area (Å²) in [5.41, 5.74) is 4.54. The van der Waals surface area contributed by atoms with Crippen LogP contribution in [0.15, 0.2) is 48.5 Å². The van der Waals surface area contributed by atoms with E-state index in [0.29, 0.717) is 32.7 Å². The number of carboxylic acids is 1. The molecule has 0 aromatic heterocycles. The molecule has 2 aromatic carbocycles. The van der Waals surface area contributed by atoms with Crippen LogP contribution in [0.5, 0.6) is 0 Å². The molecule has 1 aliphatic carbocycles. The zero-order chi connectivity index (χ0) is 19.3. The van der Waals surface area contributed by atoms with Gasteiger partial charge in [-0.25, -0.2) is 9.59 Å². The Morgan fingerprint density at radius 2 is 1.68 bits per heavy atom. The zero-order valence-corrected chi connectivity index (χ0v) is 15.3. The van der Waals surface area contributed by atoms with Crippen molar-refractivity contribution < 1.29 is 24.2 Å². The average Bonchev–Trinajstić information content (AvgIpc) is 3.26. The first-order valence-electron chi connectivity index (χ1n) is 9.51. The SMILES string of the molecule is O=C(O)C1CC2(CO1)CN(C(=O)OCC1c3ccccc3-c3ccccc31)C2. The van der Waals surface area contributed by atoms with Gasteiger partial charge in [0.2, 0.25) is 0 Å². The highest BCUT2D eigenvalue weighted by Gasteiger charge is 2.53. The number of likely N-dealkylation sites (tertiary alicyclic amines) is 1. The maximum Gasteiger partial charge on any atom is 0.409 e. The van der Waals surface area contributed by atoms with Gasteiger partial charge in [0.1, 0.15) is 6.61 Å². The maximum atomic E-state index is 12.5. The minimum absolute atomic E-state index is 0.0396. The summed E-state index contributed by atoms with van der Waals surface area (Å²) in [4.78, 5) is 25.2. The maximum absolute atomic E-state index is 12.5. The number of nitrogens with zero attached hydrogens (tertiary/aromatic N) is 1. The van der Waals surface area contributed by atoms with Gasteiger partial charge in [0.05, 0.1) is 6.61 Å². The molecule has 6 nitrogen and oxygen atoms in total. The molecule has 2 saturated heterocycles. The molecule has 0 bridgehead atoms. The van der Waals surface area contributed by atoms with Crippen molar-refractivity contribution in [3.8, 4) is 11.1 Å². The van der Waals surface area contributed by atoms with Crippen LogP contribution in [0.1, 0.15) is 23.5 Å². The second-order valence-electron chi connectivity index (χ2n) is 8.00. The lowest BCUT2D eigenvalue weighted by atomic mass is 9.78. The molecule has 1 atom stereocenters. The van der Waals surface area contributed by atoms with Gasteiger partial charge in [-0.1, -0.05) is 48.5 Å². The van der Waals surface area contributed by atoms with Crippen LogP contribution in [0.3, 0.4) is 0 Å². The van der Waals surface area contributed by atoms with E-state index in [4.69, 9.17) is 14.6 Å². The van der Waals surface area contributed by atoms with Crippen molar-refractivity contribution >= 4 is 12.1 Å². The van der Waals surface area contributed by atoms with E-state index in [1.165, 1.54) is 22.3 Å². The van der Waals surface area contributed by atoms with Crippen molar-refractivity contribution in [3.63, 3.8) is 0 Å². The molecule has 2 aliphatic heterocycles. The summed E-state index contributed by atoms with van der Waals surface area (Å²) in [6.07, 6.45) is -0.647. The van der Waals surface area contributed by atoms with Crippen LogP contribution in [0, 0.1) is 5.41 Å². The van der Waals surface area contributed by atoms with Gasteiger partial charge in [0.15, 0.2) is 6.10 Å². The Labute approximate surface area is 162 Å². The van der Waals surface area contributed by atoms with Crippen molar-refractivity contribution in [2.24, 2.45) is 5.41 Å². The van der Waals surface area contributed by atoms with Crippen LogP contribution >= 0.6 is 0 Å². The molecule has 2 aromatic rings. The normalized spacial score (nSPS) is 21.9. The molecule has 2 heterocycles. The molecule has 1 unspecified atom stereocenters. The Hall–Kier alpha value is -2.86. The van der Waals surface area contributed by atoms with Gasteiger partial charge in [-0.2, -0.15) is 0 Å². The number of amides is 1. The number of hydrogen-bond acceptors (Lipinski definition) is 4. The number of ether oxygens (including phenoxy) is 2. The summed E-state index contributed by atoms with van der Waals surface area (Å²) in [5.74, 6) is -0.894. The van der Waals surface area contributed by atoms with E-state index in [2.05, 4.69) is 24.3 Å². The summed E-state index contributed by atoms with van der Waals surface area (Å²) < 4.78 is 11.0. The third-order valence-electron chi connectivity index (χ3n) is 6.13. The summed E-state index contributed by atoms with van der Waals surface area (Å²) in [6.45, 7) is 1.67. The zero-order valence-electron chi connectivity index (χ0n) is 15.3. The molecule has 28 heavy (non-hydrogen) atoms. The van der Waals surface area contributed by atoms with E-state index in [1.807, 2.05) is 24.3 Å². The third-order valence-corrected chi connectivity index (χ3v) is 6.13. The Bertz CT molecular complexity index is 904. The van der Waals surface area contributed by atoms with Crippen LogP contribution in [-0.4, -0.2) is 54.5 Å². The van der Waals surface area contributed by atoms with Gasteiger partial charge < -0.3 is 19.5 Å². The monoisotopic (exact) mass is 379 g/mol. The second kappa shape index (κ2) is 6.34. The predicted octanol–water partition coefficient (Wildman–Crippen LogP) is 3.11. The minimum Gasteiger partial charge on any atom is -0.479 e. The first-order valence-corrected chi connectivity index (χ1v) is 9.51. The highest BCUT2D eigenvalue weighted by atomic mass is 16.6. The lowest BCUT2D eigenvalue weighted by Crippen LogP contribution is -2.59. The van der Waals surface area contributed by atoms with Crippen molar-refractivity contribution in [1.82, 2.24) is 4.90 Å². The molecule has 5 rings (SSSR count). The van der Waals surface area contributed by atoms with Crippen molar-refractivity contribution in [1.29, 1.82) is 0 Å². The Kier molecular flexibility index (Phi) is 3.91. The standard InChI is InChI=1S/C22H21NO5/c24-20(25)19-9-22(13-28-19)11-23(12-22)21(26)27-10-18-16-7-3-1-5-14(16)15-6-2-4-8-17(15)18/h1-8,18-19H,9-13H2,(H,24,25). The number of carbonyl (C=O) groups excluding carboxylic acids is 1. The van der Waals surface area contributed by atoms with Crippen molar-refractivity contribution in [2.75, 3.05) is 26.3 Å². The second-order valence-corrected chi connectivity index (χ2v) is 8.00. The van der Waals surface area contributed by atoms with Gasteiger partial charge >= 0.3 is 12.1 Å². The van der Waals surface area contributed by atoms with E-state index in [1.54, 1.807) is 4.90 Å². The smallest absolute Gasteiger partial charge is 0.409 e. The largest absolute Gasteiger partial charge is 0.479 e. The van der Waals surface area contributed by atoms with E-state index < -0.39 is 12.1 Å². The molecule has 6 heteroatoms. The lowest BCUT2D eigenvalue weighted by Gasteiger charge is -2.46. The summed E-state index contributed by atoms with van der Waals surface area (Å²) >= 11 is 0. The van der Waals surface area contributed by atoms with E-state index >= 15 is 0 Å². The number of carboxylic acid groups (broad SMARTS) is 1.